The smallest absolute Gasteiger partial charge is 0.227 e. The van der Waals surface area contributed by atoms with E-state index in [1.165, 1.54) is 0 Å². The Morgan fingerprint density at radius 3 is 2.62 bits per heavy atom. The number of ether oxygens (including phenoxy) is 1. The van der Waals surface area contributed by atoms with Gasteiger partial charge in [0, 0.05) is 44.4 Å². The Labute approximate surface area is 172 Å². The van der Waals surface area contributed by atoms with Crippen LogP contribution in [0, 0.1) is 0 Å². The van der Waals surface area contributed by atoms with Gasteiger partial charge in [-0.1, -0.05) is 43.0 Å². The van der Waals surface area contributed by atoms with Gasteiger partial charge in [-0.2, -0.15) is 0 Å². The Balaban J connectivity index is 1.52. The van der Waals surface area contributed by atoms with Crippen molar-refractivity contribution < 1.29 is 9.53 Å². The van der Waals surface area contributed by atoms with Crippen LogP contribution in [0.15, 0.2) is 66.2 Å². The molecule has 0 spiro atoms. The van der Waals surface area contributed by atoms with Crippen molar-refractivity contribution in [2.75, 3.05) is 25.1 Å². The third-order valence-corrected chi connectivity index (χ3v) is 4.78. The lowest BCUT2D eigenvalue weighted by Crippen LogP contribution is -2.36. The largest absolute Gasteiger partial charge is 0.489 e. The summed E-state index contributed by atoms with van der Waals surface area (Å²) in [5.41, 5.74) is 3.14. The van der Waals surface area contributed by atoms with Crippen LogP contribution < -0.4 is 20.3 Å². The van der Waals surface area contributed by atoms with Gasteiger partial charge in [-0.3, -0.25) is 9.79 Å². The number of nitrogens with zero attached hydrogens (tertiary/aromatic N) is 2. The van der Waals surface area contributed by atoms with Crippen LogP contribution in [0.4, 0.5) is 5.69 Å². The van der Waals surface area contributed by atoms with Gasteiger partial charge in [-0.25, -0.2) is 0 Å². The quantitative estimate of drug-likeness (QED) is 0.411. The van der Waals surface area contributed by atoms with Crippen LogP contribution in [-0.4, -0.2) is 32.1 Å². The average Bonchev–Trinajstić information content (AvgIpc) is 3.19. The number of para-hydroxylation sites is 1. The van der Waals surface area contributed by atoms with Crippen molar-refractivity contribution >= 4 is 17.6 Å². The summed E-state index contributed by atoms with van der Waals surface area (Å²) in [7, 11) is 1.75. The molecule has 0 saturated carbocycles. The maximum Gasteiger partial charge on any atom is 0.227 e. The first-order valence-corrected chi connectivity index (χ1v) is 9.86. The molecule has 1 heterocycles. The first-order valence-electron chi connectivity index (χ1n) is 9.86. The maximum absolute atomic E-state index is 11.9. The van der Waals surface area contributed by atoms with Gasteiger partial charge < -0.3 is 20.3 Å². The molecular formula is C23H28N4O2. The summed E-state index contributed by atoms with van der Waals surface area (Å²) >= 11 is 0. The number of benzene rings is 2. The highest BCUT2D eigenvalue weighted by Crippen LogP contribution is 2.21. The Morgan fingerprint density at radius 1 is 1.17 bits per heavy atom. The standard InChI is InChI=1S/C23H28N4O2/c1-3-15-29-21-8-5-4-7-19(21)17-26-23(24-2)25-16-18-10-12-20(13-11-18)27-14-6-9-22(27)28/h3-5,7-8,10-13H,1,6,9,14-17H2,2H3,(H2,24,25,26). The van der Waals surface area contributed by atoms with Crippen molar-refractivity contribution in [3.05, 3.63) is 72.3 Å². The minimum atomic E-state index is 0.206. The van der Waals surface area contributed by atoms with Gasteiger partial charge in [0.1, 0.15) is 12.4 Å². The van der Waals surface area contributed by atoms with E-state index >= 15 is 0 Å². The van der Waals surface area contributed by atoms with E-state index in [2.05, 4.69) is 22.2 Å². The van der Waals surface area contributed by atoms with Crippen LogP contribution in [0.1, 0.15) is 24.0 Å². The zero-order valence-electron chi connectivity index (χ0n) is 16.9. The fraction of sp³-hybridized carbons (Fsp3) is 0.304. The van der Waals surface area contributed by atoms with Crippen LogP contribution in [0.25, 0.3) is 0 Å². The highest BCUT2D eigenvalue weighted by molar-refractivity contribution is 5.95. The van der Waals surface area contributed by atoms with Gasteiger partial charge in [0.15, 0.2) is 5.96 Å². The van der Waals surface area contributed by atoms with E-state index in [9.17, 15) is 4.79 Å². The number of hydrogen-bond donors (Lipinski definition) is 2. The minimum absolute atomic E-state index is 0.206. The van der Waals surface area contributed by atoms with E-state index < -0.39 is 0 Å². The van der Waals surface area contributed by atoms with Crippen molar-refractivity contribution in [3.63, 3.8) is 0 Å². The van der Waals surface area contributed by atoms with Gasteiger partial charge in [-0.05, 0) is 30.2 Å². The fourth-order valence-electron chi connectivity index (χ4n) is 3.24. The summed E-state index contributed by atoms with van der Waals surface area (Å²) in [5.74, 6) is 1.75. The van der Waals surface area contributed by atoms with E-state index in [1.54, 1.807) is 13.1 Å². The van der Waals surface area contributed by atoms with Gasteiger partial charge in [0.05, 0.1) is 0 Å². The lowest BCUT2D eigenvalue weighted by Gasteiger charge is -2.17. The number of guanidine groups is 1. The average molecular weight is 393 g/mol. The van der Waals surface area contributed by atoms with Crippen molar-refractivity contribution in [2.45, 2.75) is 25.9 Å². The molecule has 2 N–H and O–H groups in total. The predicted octanol–water partition coefficient (Wildman–Crippen LogP) is 3.24. The lowest BCUT2D eigenvalue weighted by atomic mass is 10.2. The Hall–Kier alpha value is -3.28. The Bertz CT molecular complexity index is 861. The molecule has 29 heavy (non-hydrogen) atoms. The SMILES string of the molecule is C=CCOc1ccccc1CNC(=NC)NCc1ccc(N2CCCC2=O)cc1. The molecule has 0 bridgehead atoms. The number of rotatable bonds is 8. The second kappa shape index (κ2) is 10.3. The van der Waals surface area contributed by atoms with Crippen molar-refractivity contribution in [3.8, 4) is 5.75 Å². The predicted molar refractivity (Wildman–Crippen MR) is 117 cm³/mol. The van der Waals surface area contributed by atoms with Crippen LogP contribution in [0.2, 0.25) is 0 Å². The van der Waals surface area contributed by atoms with Gasteiger partial charge in [0.2, 0.25) is 5.91 Å². The van der Waals surface area contributed by atoms with Gasteiger partial charge in [-0.15, -0.1) is 0 Å². The summed E-state index contributed by atoms with van der Waals surface area (Å²) in [6.07, 6.45) is 3.31. The van der Waals surface area contributed by atoms with E-state index in [4.69, 9.17) is 4.74 Å². The molecule has 1 aliphatic rings. The topological polar surface area (TPSA) is 66.0 Å². The first kappa shape index (κ1) is 20.5. The molecule has 2 aromatic rings. The van der Waals surface area contributed by atoms with Gasteiger partial charge >= 0.3 is 0 Å². The number of amides is 1. The number of nitrogens with one attached hydrogen (secondary N) is 2. The van der Waals surface area contributed by atoms with Crippen molar-refractivity contribution in [1.29, 1.82) is 0 Å². The highest BCUT2D eigenvalue weighted by Gasteiger charge is 2.21. The molecule has 6 nitrogen and oxygen atoms in total. The molecule has 6 heteroatoms. The summed E-state index contributed by atoms with van der Waals surface area (Å²) in [6, 6.07) is 16.0. The first-order chi connectivity index (χ1) is 14.2. The van der Waals surface area contributed by atoms with Gasteiger partial charge in [0.25, 0.3) is 0 Å². The molecule has 0 aromatic heterocycles. The molecule has 2 aromatic carbocycles. The third-order valence-electron chi connectivity index (χ3n) is 4.78. The molecular weight excluding hydrogens is 364 g/mol. The van der Waals surface area contributed by atoms with E-state index in [1.807, 2.05) is 53.4 Å². The molecule has 0 atom stereocenters. The molecule has 0 aliphatic carbocycles. The number of anilines is 1. The van der Waals surface area contributed by atoms with Crippen LogP contribution in [0.5, 0.6) is 5.75 Å². The monoisotopic (exact) mass is 392 g/mol. The Kier molecular flexibility index (Phi) is 7.28. The number of carbonyl (C=O) groups excluding carboxylic acids is 1. The molecule has 3 rings (SSSR count). The van der Waals surface area contributed by atoms with Crippen molar-refractivity contribution in [2.24, 2.45) is 4.99 Å². The third kappa shape index (κ3) is 5.60. The normalized spacial score (nSPS) is 14.0. The second-order valence-electron chi connectivity index (χ2n) is 6.80. The van der Waals surface area contributed by atoms with Crippen LogP contribution >= 0.6 is 0 Å². The molecule has 0 radical (unpaired) electrons. The second-order valence-corrected chi connectivity index (χ2v) is 6.80. The Morgan fingerprint density at radius 2 is 1.93 bits per heavy atom. The minimum Gasteiger partial charge on any atom is -0.489 e. The molecule has 1 fully saturated rings. The fourth-order valence-corrected chi connectivity index (χ4v) is 3.24. The summed E-state index contributed by atoms with van der Waals surface area (Å²) in [5, 5.41) is 6.63. The maximum atomic E-state index is 11.9. The van der Waals surface area contributed by atoms with E-state index in [0.29, 0.717) is 32.1 Å². The lowest BCUT2D eigenvalue weighted by molar-refractivity contribution is -0.117. The zero-order chi connectivity index (χ0) is 20.5. The molecule has 1 aliphatic heterocycles. The van der Waals surface area contributed by atoms with E-state index in [0.717, 1.165) is 35.5 Å². The van der Waals surface area contributed by atoms with Crippen LogP contribution in [0.3, 0.4) is 0 Å². The molecule has 1 amide bonds. The molecule has 1 saturated heterocycles. The summed E-state index contributed by atoms with van der Waals surface area (Å²) in [4.78, 5) is 18.0. The number of hydrogen-bond acceptors (Lipinski definition) is 3. The highest BCUT2D eigenvalue weighted by atomic mass is 16.5. The number of aliphatic imine (C=N–C) groups is 1. The number of carbonyl (C=O) groups is 1. The van der Waals surface area contributed by atoms with E-state index in [-0.39, 0.29) is 5.91 Å². The summed E-state index contributed by atoms with van der Waals surface area (Å²) in [6.45, 7) is 6.22. The zero-order valence-corrected chi connectivity index (χ0v) is 16.9. The summed E-state index contributed by atoms with van der Waals surface area (Å²) < 4.78 is 5.70. The van der Waals surface area contributed by atoms with Crippen LogP contribution in [-0.2, 0) is 17.9 Å². The molecule has 152 valence electrons. The van der Waals surface area contributed by atoms with Crippen molar-refractivity contribution in [1.82, 2.24) is 10.6 Å². The molecule has 0 unspecified atom stereocenters.